The molecule has 286 valence electrons. The third-order valence-corrected chi connectivity index (χ3v) is 10.0. The quantitative estimate of drug-likeness (QED) is 0.130. The van der Waals surface area contributed by atoms with Crippen molar-refractivity contribution in [3.8, 4) is 11.8 Å². The van der Waals surface area contributed by atoms with Crippen molar-refractivity contribution in [3.63, 3.8) is 0 Å². The Balaban J connectivity index is 1.26. The van der Waals surface area contributed by atoms with Crippen molar-refractivity contribution in [3.05, 3.63) is 203 Å². The molecule has 0 spiro atoms. The zero-order chi connectivity index (χ0) is 40.2. The summed E-state index contributed by atoms with van der Waals surface area (Å²) >= 11 is 0. The van der Waals surface area contributed by atoms with Crippen molar-refractivity contribution in [1.82, 2.24) is 15.0 Å². The molecule has 0 fully saturated rings. The molecule has 0 radical (unpaired) electrons. The van der Waals surface area contributed by atoms with E-state index < -0.39 is 0 Å². The highest BCUT2D eigenvalue weighted by Gasteiger charge is 2.24. The Hall–Kier alpha value is -7.25. The molecule has 0 aliphatic heterocycles. The number of ether oxygens (including phenoxy) is 1. The number of hydrogen-bond donors (Lipinski definition) is 0. The van der Waals surface area contributed by atoms with Gasteiger partial charge < -0.3 is 9.64 Å². The third-order valence-electron chi connectivity index (χ3n) is 10.0. The van der Waals surface area contributed by atoms with Gasteiger partial charge in [0.05, 0.1) is 0 Å². The van der Waals surface area contributed by atoms with E-state index in [1.165, 1.54) is 11.1 Å². The SMILES string of the molecule is Cc1ccc(N(c2ccc(C)cc2)c2ccc(Oc3nc(N(c4ccc(C)cc4)c4ccc(C)cc4)nc(N(c4ccc(C)cc4)c4ccc(C)cc4)n3)cc2)cc1. The van der Waals surface area contributed by atoms with E-state index >= 15 is 0 Å². The number of aryl methyl sites for hydroxylation is 6. The van der Waals surface area contributed by atoms with Crippen molar-refractivity contribution in [2.75, 3.05) is 14.7 Å². The smallest absolute Gasteiger partial charge is 0.328 e. The zero-order valence-corrected chi connectivity index (χ0v) is 33.8. The lowest BCUT2D eigenvalue weighted by Gasteiger charge is -2.27. The third kappa shape index (κ3) is 8.44. The second-order valence-electron chi connectivity index (χ2n) is 14.8. The van der Waals surface area contributed by atoms with Crippen LogP contribution in [0.25, 0.3) is 0 Å². The molecule has 0 saturated carbocycles. The van der Waals surface area contributed by atoms with Crippen LogP contribution in [0.3, 0.4) is 0 Å². The second kappa shape index (κ2) is 16.5. The van der Waals surface area contributed by atoms with Crippen LogP contribution in [0.5, 0.6) is 11.8 Å². The van der Waals surface area contributed by atoms with Gasteiger partial charge in [-0.25, -0.2) is 0 Å². The average Bonchev–Trinajstić information content (AvgIpc) is 3.23. The monoisotopic (exact) mass is 758 g/mol. The van der Waals surface area contributed by atoms with Crippen LogP contribution < -0.4 is 19.4 Å². The Labute approximate surface area is 341 Å². The Morgan fingerprint density at radius 2 is 0.500 bits per heavy atom. The van der Waals surface area contributed by atoms with E-state index in [9.17, 15) is 0 Å². The molecule has 0 aliphatic rings. The van der Waals surface area contributed by atoms with E-state index in [1.54, 1.807) is 0 Å². The molecule has 7 heteroatoms. The Morgan fingerprint density at radius 3 is 0.759 bits per heavy atom. The van der Waals surface area contributed by atoms with Crippen molar-refractivity contribution >= 4 is 51.7 Å². The maximum atomic E-state index is 6.62. The number of hydrogen-bond acceptors (Lipinski definition) is 7. The number of nitrogens with zero attached hydrogens (tertiary/aromatic N) is 6. The van der Waals surface area contributed by atoms with E-state index in [-0.39, 0.29) is 6.01 Å². The summed E-state index contributed by atoms with van der Waals surface area (Å²) in [5.41, 5.74) is 13.8. The lowest BCUT2D eigenvalue weighted by Crippen LogP contribution is -2.19. The highest BCUT2D eigenvalue weighted by Crippen LogP contribution is 2.40. The first-order chi connectivity index (χ1) is 28.2. The number of benzene rings is 7. The zero-order valence-electron chi connectivity index (χ0n) is 33.8. The minimum absolute atomic E-state index is 0.162. The molecule has 1 aromatic heterocycles. The van der Waals surface area contributed by atoms with Gasteiger partial charge in [0, 0.05) is 39.8 Å². The van der Waals surface area contributed by atoms with Gasteiger partial charge >= 0.3 is 6.01 Å². The van der Waals surface area contributed by atoms with Gasteiger partial charge in [-0.15, -0.1) is 0 Å². The molecule has 7 nitrogen and oxygen atoms in total. The van der Waals surface area contributed by atoms with Crippen molar-refractivity contribution < 1.29 is 4.74 Å². The predicted octanol–water partition coefficient (Wildman–Crippen LogP) is 13.9. The van der Waals surface area contributed by atoms with Gasteiger partial charge in [0.2, 0.25) is 11.9 Å². The van der Waals surface area contributed by atoms with E-state index in [2.05, 4.69) is 204 Å². The van der Waals surface area contributed by atoms with Gasteiger partial charge in [0.1, 0.15) is 5.75 Å². The number of anilines is 9. The first-order valence-electron chi connectivity index (χ1n) is 19.5. The van der Waals surface area contributed by atoms with Crippen LogP contribution in [0.1, 0.15) is 33.4 Å². The maximum absolute atomic E-state index is 6.62. The summed E-state index contributed by atoms with van der Waals surface area (Å²) in [5, 5.41) is 0. The first-order valence-corrected chi connectivity index (χ1v) is 19.5. The van der Waals surface area contributed by atoms with Crippen molar-refractivity contribution in [2.45, 2.75) is 41.5 Å². The molecule has 0 bridgehead atoms. The molecule has 0 aliphatic carbocycles. The molecule has 1 heterocycles. The van der Waals surface area contributed by atoms with E-state index in [1.807, 2.05) is 21.9 Å². The highest BCUT2D eigenvalue weighted by molar-refractivity contribution is 5.78. The second-order valence-corrected chi connectivity index (χ2v) is 14.8. The topological polar surface area (TPSA) is 57.6 Å². The van der Waals surface area contributed by atoms with Crippen LogP contribution in [0.2, 0.25) is 0 Å². The van der Waals surface area contributed by atoms with Crippen molar-refractivity contribution in [2.24, 2.45) is 0 Å². The maximum Gasteiger partial charge on any atom is 0.328 e. The molecule has 8 rings (SSSR count). The summed E-state index contributed by atoms with van der Waals surface area (Å²) < 4.78 is 6.62. The summed E-state index contributed by atoms with van der Waals surface area (Å²) in [5.74, 6) is 1.42. The van der Waals surface area contributed by atoms with Crippen LogP contribution in [0, 0.1) is 41.5 Å². The largest absolute Gasteiger partial charge is 0.424 e. The van der Waals surface area contributed by atoms with Gasteiger partial charge in [0.15, 0.2) is 0 Å². The standard InChI is InChI=1S/C51H46N6O/c1-35-7-19-41(20-8-35)55(42-21-9-36(2)10-22-42)43-31-33-48(34-32-43)58-51-53-49(56(44-23-11-37(3)12-24-44)45-25-13-38(4)14-26-45)52-50(54-51)57(46-27-15-39(5)16-28-46)47-29-17-40(6)18-30-47/h7-34H,1-6H3. The fourth-order valence-corrected chi connectivity index (χ4v) is 6.72. The van der Waals surface area contributed by atoms with Crippen LogP contribution in [0.4, 0.5) is 51.7 Å². The minimum Gasteiger partial charge on any atom is -0.424 e. The summed E-state index contributed by atoms with van der Waals surface area (Å²) in [4.78, 5) is 21.6. The summed E-state index contributed by atoms with van der Waals surface area (Å²) in [6, 6.07) is 58.8. The van der Waals surface area contributed by atoms with Gasteiger partial charge in [0.25, 0.3) is 0 Å². The summed E-state index contributed by atoms with van der Waals surface area (Å²) in [6.45, 7) is 12.5. The first kappa shape index (κ1) is 37.7. The Bertz CT molecular complexity index is 2360. The van der Waals surface area contributed by atoms with E-state index in [4.69, 9.17) is 19.7 Å². The molecule has 0 unspecified atom stereocenters. The van der Waals surface area contributed by atoms with Gasteiger partial charge in [-0.1, -0.05) is 106 Å². The lowest BCUT2D eigenvalue weighted by molar-refractivity contribution is 0.440. The molecule has 0 amide bonds. The molecule has 8 aromatic rings. The Kier molecular flexibility index (Phi) is 10.7. The number of rotatable bonds is 11. The average molecular weight is 759 g/mol. The molecule has 0 atom stereocenters. The van der Waals surface area contributed by atoms with Crippen molar-refractivity contribution in [1.29, 1.82) is 0 Å². The highest BCUT2D eigenvalue weighted by atomic mass is 16.5. The Morgan fingerprint density at radius 1 is 0.276 bits per heavy atom. The van der Waals surface area contributed by atoms with Crippen LogP contribution >= 0.6 is 0 Å². The normalized spacial score (nSPS) is 10.9. The van der Waals surface area contributed by atoms with Gasteiger partial charge in [-0.3, -0.25) is 9.80 Å². The molecular formula is C51H46N6O. The fourth-order valence-electron chi connectivity index (χ4n) is 6.72. The van der Waals surface area contributed by atoms with E-state index in [0.29, 0.717) is 17.6 Å². The molecule has 7 aromatic carbocycles. The van der Waals surface area contributed by atoms with Crippen LogP contribution in [0.15, 0.2) is 170 Å². The summed E-state index contributed by atoms with van der Waals surface area (Å²) in [7, 11) is 0. The van der Waals surface area contributed by atoms with Gasteiger partial charge in [-0.05, 0) is 139 Å². The molecule has 0 N–H and O–H groups in total. The molecule has 0 saturated heterocycles. The lowest BCUT2D eigenvalue weighted by atomic mass is 10.1. The van der Waals surface area contributed by atoms with E-state index in [0.717, 1.165) is 62.1 Å². The predicted molar refractivity (Wildman–Crippen MR) is 239 cm³/mol. The molecule has 58 heavy (non-hydrogen) atoms. The molecular weight excluding hydrogens is 713 g/mol. The van der Waals surface area contributed by atoms with Crippen LogP contribution in [-0.2, 0) is 0 Å². The number of aromatic nitrogens is 3. The van der Waals surface area contributed by atoms with Gasteiger partial charge in [-0.2, -0.15) is 15.0 Å². The minimum atomic E-state index is 0.162. The summed E-state index contributed by atoms with van der Waals surface area (Å²) in [6.07, 6.45) is 0. The van der Waals surface area contributed by atoms with Crippen LogP contribution in [-0.4, -0.2) is 15.0 Å². The fraction of sp³-hybridized carbons (Fsp3) is 0.118.